The number of hydrogen-bond acceptors (Lipinski definition) is 3. The van der Waals surface area contributed by atoms with Crippen LogP contribution in [0.1, 0.15) is 0 Å². The van der Waals surface area contributed by atoms with Gasteiger partial charge in [0.1, 0.15) is 0 Å². The van der Waals surface area contributed by atoms with Crippen molar-refractivity contribution in [2.45, 2.75) is 4.90 Å². The van der Waals surface area contributed by atoms with Crippen LogP contribution in [0.5, 0.6) is 0 Å². The molecule has 1 aromatic carbocycles. The minimum Gasteiger partial charge on any atom is -0.302 e. The van der Waals surface area contributed by atoms with Crippen LogP contribution in [0.2, 0.25) is 0 Å². The SMILES string of the molecule is O=S(=O)(NO)c1ccc(F)c(F)c1. The second-order valence-corrected chi connectivity index (χ2v) is 3.83. The zero-order chi connectivity index (χ0) is 10.1. The van der Waals surface area contributed by atoms with Gasteiger partial charge < -0.3 is 5.21 Å². The molecule has 0 unspecified atom stereocenters. The van der Waals surface area contributed by atoms with Gasteiger partial charge in [-0.05, 0) is 18.2 Å². The molecule has 0 saturated heterocycles. The minimum atomic E-state index is -4.14. The minimum absolute atomic E-state index is 0.466. The fraction of sp³-hybridized carbons (Fsp3) is 0. The number of nitrogens with one attached hydrogen (secondary N) is 1. The Morgan fingerprint density at radius 3 is 2.31 bits per heavy atom. The average molecular weight is 209 g/mol. The van der Waals surface area contributed by atoms with Gasteiger partial charge in [0.15, 0.2) is 11.6 Å². The highest BCUT2D eigenvalue weighted by atomic mass is 32.2. The summed E-state index contributed by atoms with van der Waals surface area (Å²) >= 11 is 0. The quantitative estimate of drug-likeness (QED) is 0.702. The molecule has 0 radical (unpaired) electrons. The molecule has 72 valence electrons. The molecule has 0 fully saturated rings. The van der Waals surface area contributed by atoms with Crippen molar-refractivity contribution in [1.82, 2.24) is 4.89 Å². The molecule has 7 heteroatoms. The summed E-state index contributed by atoms with van der Waals surface area (Å²) in [6, 6.07) is 1.95. The van der Waals surface area contributed by atoms with E-state index in [2.05, 4.69) is 0 Å². The molecule has 0 bridgehead atoms. The third kappa shape index (κ3) is 2.00. The maximum absolute atomic E-state index is 12.5. The molecule has 0 amide bonds. The maximum Gasteiger partial charge on any atom is 0.262 e. The highest BCUT2D eigenvalue weighted by Gasteiger charge is 2.14. The first-order valence-corrected chi connectivity index (χ1v) is 4.56. The predicted molar refractivity (Wildman–Crippen MR) is 38.5 cm³/mol. The van der Waals surface area contributed by atoms with E-state index in [-0.39, 0.29) is 0 Å². The van der Waals surface area contributed by atoms with Crippen molar-refractivity contribution in [2.75, 3.05) is 0 Å². The Morgan fingerprint density at radius 2 is 1.85 bits per heavy atom. The van der Waals surface area contributed by atoms with Gasteiger partial charge in [0.2, 0.25) is 0 Å². The molecule has 1 aromatic rings. The number of rotatable bonds is 2. The van der Waals surface area contributed by atoms with Gasteiger partial charge in [-0.2, -0.15) is 0 Å². The van der Waals surface area contributed by atoms with Crippen LogP contribution in [-0.4, -0.2) is 13.6 Å². The smallest absolute Gasteiger partial charge is 0.262 e. The van der Waals surface area contributed by atoms with Gasteiger partial charge in [-0.1, -0.05) is 4.89 Å². The highest BCUT2D eigenvalue weighted by Crippen LogP contribution is 2.12. The molecule has 13 heavy (non-hydrogen) atoms. The van der Waals surface area contributed by atoms with E-state index in [4.69, 9.17) is 5.21 Å². The van der Waals surface area contributed by atoms with Crippen molar-refractivity contribution < 1.29 is 22.4 Å². The lowest BCUT2D eigenvalue weighted by Gasteiger charge is -2.00. The van der Waals surface area contributed by atoms with Gasteiger partial charge in [0.05, 0.1) is 4.90 Å². The van der Waals surface area contributed by atoms with Crippen molar-refractivity contribution in [2.24, 2.45) is 0 Å². The number of halogens is 2. The lowest BCUT2D eigenvalue weighted by atomic mass is 10.3. The fourth-order valence-electron chi connectivity index (χ4n) is 0.697. The number of hydrogen-bond donors (Lipinski definition) is 2. The van der Waals surface area contributed by atoms with Crippen LogP contribution < -0.4 is 4.89 Å². The molecular weight excluding hydrogens is 204 g/mol. The Bertz CT molecular complexity index is 418. The summed E-state index contributed by atoms with van der Waals surface area (Å²) in [5, 5.41) is 8.15. The summed E-state index contributed by atoms with van der Waals surface area (Å²) in [4.78, 5) is 0.440. The largest absolute Gasteiger partial charge is 0.302 e. The second-order valence-electron chi connectivity index (χ2n) is 2.17. The first-order valence-electron chi connectivity index (χ1n) is 3.08. The van der Waals surface area contributed by atoms with Crippen molar-refractivity contribution >= 4 is 10.0 Å². The second kappa shape index (κ2) is 3.36. The van der Waals surface area contributed by atoms with E-state index >= 15 is 0 Å². The van der Waals surface area contributed by atoms with Crippen LogP contribution in [0.4, 0.5) is 8.78 Å². The van der Waals surface area contributed by atoms with Crippen LogP contribution in [-0.2, 0) is 10.0 Å². The van der Waals surface area contributed by atoms with Crippen LogP contribution >= 0.6 is 0 Å². The van der Waals surface area contributed by atoms with Crippen LogP contribution in [0, 0.1) is 11.6 Å². The molecule has 0 spiro atoms. The van der Waals surface area contributed by atoms with E-state index in [1.165, 1.54) is 0 Å². The van der Waals surface area contributed by atoms with Gasteiger partial charge >= 0.3 is 0 Å². The normalized spacial score (nSPS) is 11.6. The van der Waals surface area contributed by atoms with E-state index in [1.807, 2.05) is 0 Å². The van der Waals surface area contributed by atoms with Gasteiger partial charge in [-0.3, -0.25) is 0 Å². The molecule has 0 saturated carbocycles. The maximum atomic E-state index is 12.5. The summed E-state index contributed by atoms with van der Waals surface area (Å²) in [5.74, 6) is -2.45. The van der Waals surface area contributed by atoms with Crippen molar-refractivity contribution in [1.29, 1.82) is 0 Å². The lowest BCUT2D eigenvalue weighted by Crippen LogP contribution is -2.19. The molecule has 4 nitrogen and oxygen atoms in total. The first kappa shape index (κ1) is 10.0. The molecule has 2 N–H and O–H groups in total. The standard InChI is InChI=1S/C6H5F2NO3S/c7-5-2-1-4(3-6(5)8)13(11,12)9-10/h1-3,9-10H. The van der Waals surface area contributed by atoms with Gasteiger partial charge in [-0.15, -0.1) is 0 Å². The summed E-state index contributed by atoms with van der Waals surface area (Å²) in [6.45, 7) is 0. The third-order valence-electron chi connectivity index (χ3n) is 1.32. The molecule has 0 aliphatic carbocycles. The Balaban J connectivity index is 3.27. The lowest BCUT2D eigenvalue weighted by molar-refractivity contribution is 0.242. The van der Waals surface area contributed by atoms with Gasteiger partial charge in [0, 0.05) is 0 Å². The fourth-order valence-corrected chi connectivity index (χ4v) is 1.31. The molecular formula is C6H5F2NO3S. The molecule has 0 heterocycles. The zero-order valence-electron chi connectivity index (χ0n) is 6.16. The summed E-state index contributed by atoms with van der Waals surface area (Å²) in [5.41, 5.74) is 0. The number of benzene rings is 1. The van der Waals surface area contributed by atoms with Crippen LogP contribution in [0.3, 0.4) is 0 Å². The summed E-state index contributed by atoms with van der Waals surface area (Å²) in [7, 11) is -4.14. The zero-order valence-corrected chi connectivity index (χ0v) is 6.98. The summed E-state index contributed by atoms with van der Waals surface area (Å²) < 4.78 is 46.5. The average Bonchev–Trinajstić information content (AvgIpc) is 2.09. The molecule has 1 rings (SSSR count). The van der Waals surface area contributed by atoms with Gasteiger partial charge in [0.25, 0.3) is 10.0 Å². The van der Waals surface area contributed by atoms with Crippen molar-refractivity contribution in [3.05, 3.63) is 29.8 Å². The highest BCUT2D eigenvalue weighted by molar-refractivity contribution is 7.89. The first-order chi connectivity index (χ1) is 5.97. The van der Waals surface area contributed by atoms with E-state index in [0.717, 1.165) is 11.0 Å². The van der Waals surface area contributed by atoms with E-state index in [0.29, 0.717) is 12.1 Å². The van der Waals surface area contributed by atoms with E-state index < -0.39 is 26.6 Å². The van der Waals surface area contributed by atoms with Crippen LogP contribution in [0.15, 0.2) is 23.1 Å². The third-order valence-corrected chi connectivity index (χ3v) is 2.44. The Hall–Kier alpha value is -1.05. The molecule has 0 aliphatic heterocycles. The number of sulfonamides is 1. The van der Waals surface area contributed by atoms with Gasteiger partial charge in [-0.25, -0.2) is 17.2 Å². The summed E-state index contributed by atoms with van der Waals surface area (Å²) in [6.07, 6.45) is 0. The predicted octanol–water partition coefficient (Wildman–Crippen LogP) is 0.632. The van der Waals surface area contributed by atoms with Crippen molar-refractivity contribution in [3.63, 3.8) is 0 Å². The van der Waals surface area contributed by atoms with Crippen molar-refractivity contribution in [3.8, 4) is 0 Å². The van der Waals surface area contributed by atoms with E-state index in [9.17, 15) is 17.2 Å². The van der Waals surface area contributed by atoms with Crippen LogP contribution in [0.25, 0.3) is 0 Å². The molecule has 0 aliphatic rings. The van der Waals surface area contributed by atoms with E-state index in [1.54, 1.807) is 0 Å². The Kier molecular flexibility index (Phi) is 2.60. The Labute approximate surface area is 72.8 Å². The monoisotopic (exact) mass is 209 g/mol. The molecule has 0 atom stereocenters. The Morgan fingerprint density at radius 1 is 1.23 bits per heavy atom. The topological polar surface area (TPSA) is 66.4 Å². The molecule has 0 aromatic heterocycles.